The minimum Gasteiger partial charge on any atom is -0.459 e. The second kappa shape index (κ2) is 7.21. The average Bonchev–Trinajstić information content (AvgIpc) is 2.53. The maximum atomic E-state index is 12.5. The van der Waals surface area contributed by atoms with Gasteiger partial charge in [-0.2, -0.15) is 0 Å². The van der Waals surface area contributed by atoms with Crippen LogP contribution < -0.4 is 0 Å². The molecule has 2 aromatic rings. The van der Waals surface area contributed by atoms with Crippen molar-refractivity contribution in [2.75, 3.05) is 0 Å². The van der Waals surface area contributed by atoms with Crippen LogP contribution in [-0.2, 0) is 4.74 Å². The van der Waals surface area contributed by atoms with Gasteiger partial charge in [0.05, 0.1) is 5.56 Å². The topological polar surface area (TPSA) is 26.3 Å². The molecule has 0 bridgehead atoms. The Hall–Kier alpha value is -1.80. The van der Waals surface area contributed by atoms with E-state index in [-0.39, 0.29) is 17.5 Å². The molecule has 1 aliphatic carbocycles. The van der Waals surface area contributed by atoms with Gasteiger partial charge in [-0.25, -0.2) is 4.79 Å². The number of hydrogen-bond acceptors (Lipinski definition) is 2. The monoisotopic (exact) mass is 356 g/mol. The van der Waals surface area contributed by atoms with Crippen molar-refractivity contribution in [2.24, 2.45) is 11.3 Å². The van der Waals surface area contributed by atoms with Crippen LogP contribution in [0.3, 0.4) is 0 Å². The Labute approximate surface area is 155 Å². The molecule has 3 heteroatoms. The predicted octanol–water partition coefficient (Wildman–Crippen LogP) is 6.38. The van der Waals surface area contributed by atoms with Gasteiger partial charge in [0.25, 0.3) is 0 Å². The summed E-state index contributed by atoms with van der Waals surface area (Å²) in [7, 11) is 0. The molecular weight excluding hydrogens is 332 g/mol. The highest BCUT2D eigenvalue weighted by atomic mass is 35.5. The molecule has 0 radical (unpaired) electrons. The molecule has 1 saturated carbocycles. The minimum absolute atomic E-state index is 0.00879. The van der Waals surface area contributed by atoms with Gasteiger partial charge in [0.1, 0.15) is 6.10 Å². The van der Waals surface area contributed by atoms with Gasteiger partial charge >= 0.3 is 5.97 Å². The van der Waals surface area contributed by atoms with Crippen LogP contribution in [0, 0.1) is 11.3 Å². The maximum absolute atomic E-state index is 12.5. The molecule has 1 aliphatic rings. The van der Waals surface area contributed by atoms with Crippen LogP contribution in [0.4, 0.5) is 0 Å². The third-order valence-electron chi connectivity index (χ3n) is 4.93. The summed E-state index contributed by atoms with van der Waals surface area (Å²) in [6.07, 6.45) is 3.08. The van der Waals surface area contributed by atoms with Gasteiger partial charge in [-0.3, -0.25) is 0 Å². The quantitative estimate of drug-likeness (QED) is 0.596. The summed E-state index contributed by atoms with van der Waals surface area (Å²) in [6, 6.07) is 15.2. The standard InChI is InChI=1S/C22H25ClO2/c1-15-12-18(14-22(2,3)13-15)25-21(24)17-10-8-16(9-11-17)19-6-4-5-7-20(19)23/h4-11,15,18H,12-14H2,1-3H3. The molecular formula is C22H25ClO2. The van der Waals surface area contributed by atoms with E-state index in [2.05, 4.69) is 20.8 Å². The molecule has 2 nitrogen and oxygen atoms in total. The molecule has 2 unspecified atom stereocenters. The van der Waals surface area contributed by atoms with Crippen LogP contribution >= 0.6 is 11.6 Å². The lowest BCUT2D eigenvalue weighted by atomic mass is 9.71. The van der Waals surface area contributed by atoms with Crippen molar-refractivity contribution in [3.8, 4) is 11.1 Å². The summed E-state index contributed by atoms with van der Waals surface area (Å²) >= 11 is 6.24. The number of carbonyl (C=O) groups excluding carboxylic acids is 1. The number of ether oxygens (including phenoxy) is 1. The third kappa shape index (κ3) is 4.43. The summed E-state index contributed by atoms with van der Waals surface area (Å²) in [4.78, 5) is 12.5. The van der Waals surface area contributed by atoms with E-state index in [0.29, 0.717) is 16.5 Å². The zero-order chi connectivity index (χ0) is 18.0. The van der Waals surface area contributed by atoms with E-state index >= 15 is 0 Å². The molecule has 2 atom stereocenters. The first-order chi connectivity index (χ1) is 11.8. The van der Waals surface area contributed by atoms with Gasteiger partial charge in [-0.05, 0) is 54.4 Å². The zero-order valence-electron chi connectivity index (χ0n) is 15.1. The molecule has 0 aromatic heterocycles. The molecule has 0 spiro atoms. The van der Waals surface area contributed by atoms with E-state index in [1.54, 1.807) is 0 Å². The number of esters is 1. The van der Waals surface area contributed by atoms with Crippen molar-refractivity contribution >= 4 is 17.6 Å². The Balaban J connectivity index is 1.70. The van der Waals surface area contributed by atoms with E-state index in [0.717, 1.165) is 24.0 Å². The molecule has 0 aliphatic heterocycles. The summed E-state index contributed by atoms with van der Waals surface area (Å²) in [6.45, 7) is 6.74. The molecule has 25 heavy (non-hydrogen) atoms. The molecule has 0 heterocycles. The lowest BCUT2D eigenvalue weighted by Crippen LogP contribution is -2.33. The lowest BCUT2D eigenvalue weighted by Gasteiger charge is -2.38. The third-order valence-corrected chi connectivity index (χ3v) is 5.26. The predicted molar refractivity (Wildman–Crippen MR) is 103 cm³/mol. The lowest BCUT2D eigenvalue weighted by molar-refractivity contribution is -0.00714. The molecule has 1 fully saturated rings. The first kappa shape index (κ1) is 18.0. The summed E-state index contributed by atoms with van der Waals surface area (Å²) in [5.41, 5.74) is 2.78. The van der Waals surface area contributed by atoms with Gasteiger partial charge in [0, 0.05) is 10.6 Å². The van der Waals surface area contributed by atoms with Gasteiger partial charge in [-0.15, -0.1) is 0 Å². The maximum Gasteiger partial charge on any atom is 0.338 e. The van der Waals surface area contributed by atoms with Gasteiger partial charge in [0.15, 0.2) is 0 Å². The molecule has 0 amide bonds. The van der Waals surface area contributed by atoms with Gasteiger partial charge < -0.3 is 4.74 Å². The van der Waals surface area contributed by atoms with Crippen molar-refractivity contribution in [2.45, 2.75) is 46.1 Å². The first-order valence-electron chi connectivity index (χ1n) is 8.90. The largest absolute Gasteiger partial charge is 0.459 e. The van der Waals surface area contributed by atoms with Crippen molar-refractivity contribution in [3.05, 3.63) is 59.1 Å². The number of rotatable bonds is 3. The van der Waals surface area contributed by atoms with Crippen LogP contribution in [0.2, 0.25) is 5.02 Å². The van der Waals surface area contributed by atoms with Crippen molar-refractivity contribution in [3.63, 3.8) is 0 Å². The number of halogens is 1. The highest BCUT2D eigenvalue weighted by Crippen LogP contribution is 2.40. The SMILES string of the molecule is CC1CC(OC(=O)c2ccc(-c3ccccc3Cl)cc2)CC(C)(C)C1. The minimum atomic E-state index is -0.236. The van der Waals surface area contributed by atoms with E-state index in [9.17, 15) is 4.79 Å². The smallest absolute Gasteiger partial charge is 0.338 e. The Kier molecular flexibility index (Phi) is 5.19. The fourth-order valence-corrected chi connectivity index (χ4v) is 4.29. The summed E-state index contributed by atoms with van der Waals surface area (Å²) in [5, 5.41) is 0.705. The van der Waals surface area contributed by atoms with Crippen LogP contribution in [-0.4, -0.2) is 12.1 Å². The second-order valence-corrected chi connectivity index (χ2v) is 8.41. The molecule has 0 N–H and O–H groups in total. The summed E-state index contributed by atoms with van der Waals surface area (Å²) in [5.74, 6) is 0.352. The van der Waals surface area contributed by atoms with Crippen molar-refractivity contribution in [1.29, 1.82) is 0 Å². The molecule has 3 rings (SSSR count). The van der Waals surface area contributed by atoms with E-state index in [1.807, 2.05) is 48.5 Å². The number of benzene rings is 2. The number of hydrogen-bond donors (Lipinski definition) is 0. The van der Waals surface area contributed by atoms with Crippen molar-refractivity contribution < 1.29 is 9.53 Å². The molecule has 2 aromatic carbocycles. The fraction of sp³-hybridized carbons (Fsp3) is 0.409. The Morgan fingerprint density at radius 1 is 1.08 bits per heavy atom. The first-order valence-corrected chi connectivity index (χ1v) is 9.28. The molecule has 0 saturated heterocycles. The Bertz CT molecular complexity index is 749. The normalized spacial score (nSPS) is 22.4. The van der Waals surface area contributed by atoms with Crippen molar-refractivity contribution in [1.82, 2.24) is 0 Å². The van der Waals surface area contributed by atoms with E-state index < -0.39 is 0 Å². The Morgan fingerprint density at radius 3 is 2.40 bits per heavy atom. The van der Waals surface area contributed by atoms with Gasteiger partial charge in [-0.1, -0.05) is 62.7 Å². The van der Waals surface area contributed by atoms with Gasteiger partial charge in [0.2, 0.25) is 0 Å². The zero-order valence-corrected chi connectivity index (χ0v) is 15.8. The molecule has 132 valence electrons. The van der Waals surface area contributed by atoms with Crippen LogP contribution in [0.15, 0.2) is 48.5 Å². The fourth-order valence-electron chi connectivity index (χ4n) is 4.05. The summed E-state index contributed by atoms with van der Waals surface area (Å²) < 4.78 is 5.79. The highest BCUT2D eigenvalue weighted by Gasteiger charge is 2.34. The van der Waals surface area contributed by atoms with Crippen LogP contribution in [0.5, 0.6) is 0 Å². The Morgan fingerprint density at radius 2 is 1.76 bits per heavy atom. The van der Waals surface area contributed by atoms with Crippen LogP contribution in [0.25, 0.3) is 11.1 Å². The van der Waals surface area contributed by atoms with E-state index in [1.165, 1.54) is 6.42 Å². The average molecular weight is 357 g/mol. The van der Waals surface area contributed by atoms with E-state index in [4.69, 9.17) is 16.3 Å². The van der Waals surface area contributed by atoms with Crippen LogP contribution in [0.1, 0.15) is 50.4 Å². The highest BCUT2D eigenvalue weighted by molar-refractivity contribution is 6.33. The number of carbonyl (C=O) groups is 1. The second-order valence-electron chi connectivity index (χ2n) is 8.00.